The highest BCUT2D eigenvalue weighted by Crippen LogP contribution is 2.23. The molecule has 1 atom stereocenters. The number of nitrogens with one attached hydrogen (secondary N) is 2. The number of hydrogen-bond acceptors (Lipinski definition) is 5. The SMILES string of the molecule is O=C(C[C@H]1CCS(=O)(=O)C1)NNC(=O)c1ccc(-c2ccc(F)cc2)o1. The zero-order valence-electron chi connectivity index (χ0n) is 13.7. The Labute approximate surface area is 149 Å². The van der Waals surface area contributed by atoms with Gasteiger partial charge in [-0.1, -0.05) is 0 Å². The van der Waals surface area contributed by atoms with Gasteiger partial charge in [0.25, 0.3) is 0 Å². The first-order valence-electron chi connectivity index (χ1n) is 7.98. The molecule has 7 nitrogen and oxygen atoms in total. The molecular formula is C17H17FN2O5S. The van der Waals surface area contributed by atoms with E-state index < -0.39 is 21.7 Å². The van der Waals surface area contributed by atoms with Crippen molar-refractivity contribution in [2.24, 2.45) is 5.92 Å². The highest BCUT2D eigenvalue weighted by molar-refractivity contribution is 7.91. The number of sulfone groups is 1. The van der Waals surface area contributed by atoms with Gasteiger partial charge in [0.2, 0.25) is 5.91 Å². The first-order valence-corrected chi connectivity index (χ1v) is 9.80. The largest absolute Gasteiger partial charge is 0.451 e. The number of carbonyl (C=O) groups is 2. The monoisotopic (exact) mass is 380 g/mol. The molecule has 0 bridgehead atoms. The number of carbonyl (C=O) groups excluding carboxylic acids is 2. The summed E-state index contributed by atoms with van der Waals surface area (Å²) in [6, 6.07) is 8.60. The van der Waals surface area contributed by atoms with Crippen LogP contribution in [0.2, 0.25) is 0 Å². The molecule has 0 unspecified atom stereocenters. The summed E-state index contributed by atoms with van der Waals surface area (Å²) >= 11 is 0. The Morgan fingerprint density at radius 2 is 1.85 bits per heavy atom. The van der Waals surface area contributed by atoms with Gasteiger partial charge in [-0.25, -0.2) is 12.8 Å². The zero-order valence-corrected chi connectivity index (χ0v) is 14.5. The smallest absolute Gasteiger partial charge is 0.305 e. The van der Waals surface area contributed by atoms with Gasteiger partial charge in [-0.15, -0.1) is 0 Å². The molecule has 26 heavy (non-hydrogen) atoms. The lowest BCUT2D eigenvalue weighted by Gasteiger charge is -2.09. The van der Waals surface area contributed by atoms with E-state index >= 15 is 0 Å². The number of rotatable bonds is 4. The van der Waals surface area contributed by atoms with Gasteiger partial charge in [-0.3, -0.25) is 20.4 Å². The lowest BCUT2D eigenvalue weighted by molar-refractivity contribution is -0.122. The second-order valence-electron chi connectivity index (χ2n) is 6.15. The van der Waals surface area contributed by atoms with Crippen LogP contribution in [-0.2, 0) is 14.6 Å². The summed E-state index contributed by atoms with van der Waals surface area (Å²) in [7, 11) is -3.05. The van der Waals surface area contributed by atoms with Gasteiger partial charge in [0.05, 0.1) is 11.5 Å². The Morgan fingerprint density at radius 1 is 1.12 bits per heavy atom. The second kappa shape index (κ2) is 7.28. The van der Waals surface area contributed by atoms with Crippen LogP contribution >= 0.6 is 0 Å². The summed E-state index contributed by atoms with van der Waals surface area (Å²) in [4.78, 5) is 23.8. The van der Waals surface area contributed by atoms with Crippen molar-refractivity contribution in [3.63, 3.8) is 0 Å². The molecule has 9 heteroatoms. The van der Waals surface area contributed by atoms with Crippen molar-refractivity contribution in [3.05, 3.63) is 48.0 Å². The van der Waals surface area contributed by atoms with Crippen molar-refractivity contribution in [1.82, 2.24) is 10.9 Å². The molecule has 3 rings (SSSR count). The summed E-state index contributed by atoms with van der Waals surface area (Å²) in [6.07, 6.45) is 0.474. The van der Waals surface area contributed by atoms with Gasteiger partial charge >= 0.3 is 5.91 Å². The number of halogens is 1. The highest BCUT2D eigenvalue weighted by Gasteiger charge is 2.29. The molecule has 1 aliphatic rings. The first kappa shape index (κ1) is 18.1. The Morgan fingerprint density at radius 3 is 2.50 bits per heavy atom. The van der Waals surface area contributed by atoms with E-state index in [0.29, 0.717) is 17.7 Å². The van der Waals surface area contributed by atoms with Crippen LogP contribution in [0.25, 0.3) is 11.3 Å². The molecule has 1 fully saturated rings. The molecule has 2 aromatic rings. The third-order valence-corrected chi connectivity index (χ3v) is 5.91. The minimum Gasteiger partial charge on any atom is -0.451 e. The summed E-state index contributed by atoms with van der Waals surface area (Å²) in [5.41, 5.74) is 5.08. The van der Waals surface area contributed by atoms with Crippen LogP contribution in [0.3, 0.4) is 0 Å². The van der Waals surface area contributed by atoms with E-state index in [0.717, 1.165) is 0 Å². The van der Waals surface area contributed by atoms with E-state index in [1.807, 2.05) is 0 Å². The fraction of sp³-hybridized carbons (Fsp3) is 0.294. The van der Waals surface area contributed by atoms with Crippen LogP contribution in [0.5, 0.6) is 0 Å². The Hall–Kier alpha value is -2.68. The minimum atomic E-state index is -3.05. The van der Waals surface area contributed by atoms with Gasteiger partial charge in [-0.05, 0) is 48.7 Å². The van der Waals surface area contributed by atoms with Crippen LogP contribution in [0, 0.1) is 11.7 Å². The molecule has 1 saturated heterocycles. The Balaban J connectivity index is 1.52. The van der Waals surface area contributed by atoms with Crippen LogP contribution in [-0.4, -0.2) is 31.7 Å². The summed E-state index contributed by atoms with van der Waals surface area (Å²) in [5, 5.41) is 0. The maximum Gasteiger partial charge on any atom is 0.305 e. The van der Waals surface area contributed by atoms with Gasteiger partial charge < -0.3 is 4.42 Å². The number of amides is 2. The Bertz CT molecular complexity index is 921. The van der Waals surface area contributed by atoms with Gasteiger partial charge in [0.15, 0.2) is 15.6 Å². The molecule has 0 spiro atoms. The Kier molecular flexibility index (Phi) is 5.08. The first-order chi connectivity index (χ1) is 12.3. The molecular weight excluding hydrogens is 363 g/mol. The van der Waals surface area contributed by atoms with Crippen molar-refractivity contribution >= 4 is 21.7 Å². The molecule has 2 amide bonds. The fourth-order valence-electron chi connectivity index (χ4n) is 2.76. The molecule has 0 saturated carbocycles. The number of hydrogen-bond donors (Lipinski definition) is 2. The van der Waals surface area contributed by atoms with Crippen molar-refractivity contribution in [3.8, 4) is 11.3 Å². The van der Waals surface area contributed by atoms with E-state index in [2.05, 4.69) is 10.9 Å². The molecule has 2 N–H and O–H groups in total. The lowest BCUT2D eigenvalue weighted by Crippen LogP contribution is -2.42. The van der Waals surface area contributed by atoms with Crippen LogP contribution < -0.4 is 10.9 Å². The minimum absolute atomic E-state index is 0.00637. The summed E-state index contributed by atoms with van der Waals surface area (Å²) < 4.78 is 41.1. The third kappa shape index (κ3) is 4.48. The van der Waals surface area contributed by atoms with E-state index in [1.165, 1.54) is 30.3 Å². The predicted octanol–water partition coefficient (Wildman–Crippen LogP) is 1.67. The standard InChI is InChI=1S/C17H17FN2O5S/c18-13-3-1-12(2-4-13)14-5-6-15(25-14)17(22)20-19-16(21)9-11-7-8-26(23,24)10-11/h1-6,11H,7-10H2,(H,19,21)(H,20,22)/t11-/m1/s1. The molecule has 0 radical (unpaired) electrons. The summed E-state index contributed by atoms with van der Waals surface area (Å²) in [6.45, 7) is 0. The topological polar surface area (TPSA) is 105 Å². The molecule has 138 valence electrons. The number of hydrazine groups is 1. The summed E-state index contributed by atoms with van der Waals surface area (Å²) in [5.74, 6) is -1.27. The molecule has 1 aromatic carbocycles. The fourth-order valence-corrected chi connectivity index (χ4v) is 4.63. The van der Waals surface area contributed by atoms with Crippen LogP contribution in [0.1, 0.15) is 23.4 Å². The zero-order chi connectivity index (χ0) is 18.7. The van der Waals surface area contributed by atoms with Gasteiger partial charge in [-0.2, -0.15) is 0 Å². The van der Waals surface area contributed by atoms with E-state index in [1.54, 1.807) is 6.07 Å². The maximum absolute atomic E-state index is 12.9. The lowest BCUT2D eigenvalue weighted by atomic mass is 10.1. The normalized spacial score (nSPS) is 18.4. The number of benzene rings is 1. The van der Waals surface area contributed by atoms with Crippen molar-refractivity contribution < 1.29 is 26.8 Å². The quantitative estimate of drug-likeness (QED) is 0.785. The molecule has 1 aromatic heterocycles. The predicted molar refractivity (Wildman–Crippen MR) is 91.1 cm³/mol. The molecule has 0 aliphatic carbocycles. The van der Waals surface area contributed by atoms with Crippen LogP contribution in [0.4, 0.5) is 4.39 Å². The average molecular weight is 380 g/mol. The average Bonchev–Trinajstić information content (AvgIpc) is 3.20. The van der Waals surface area contributed by atoms with E-state index in [9.17, 15) is 22.4 Å². The van der Waals surface area contributed by atoms with E-state index in [-0.39, 0.29) is 35.4 Å². The van der Waals surface area contributed by atoms with Gasteiger partial charge in [0.1, 0.15) is 11.6 Å². The van der Waals surface area contributed by atoms with Gasteiger partial charge in [0, 0.05) is 12.0 Å². The highest BCUT2D eigenvalue weighted by atomic mass is 32.2. The maximum atomic E-state index is 12.9. The van der Waals surface area contributed by atoms with Crippen molar-refractivity contribution in [2.45, 2.75) is 12.8 Å². The second-order valence-corrected chi connectivity index (χ2v) is 8.37. The number of furan rings is 1. The molecule has 2 heterocycles. The molecule has 1 aliphatic heterocycles. The van der Waals surface area contributed by atoms with Crippen LogP contribution in [0.15, 0.2) is 40.8 Å². The third-order valence-electron chi connectivity index (χ3n) is 4.07. The van der Waals surface area contributed by atoms with E-state index in [4.69, 9.17) is 4.42 Å². The van der Waals surface area contributed by atoms with Crippen molar-refractivity contribution in [1.29, 1.82) is 0 Å². The van der Waals surface area contributed by atoms with Crippen molar-refractivity contribution in [2.75, 3.05) is 11.5 Å².